The van der Waals surface area contributed by atoms with E-state index in [2.05, 4.69) is 35.9 Å². The summed E-state index contributed by atoms with van der Waals surface area (Å²) >= 11 is 0. The van der Waals surface area contributed by atoms with E-state index in [0.29, 0.717) is 42.7 Å². The van der Waals surface area contributed by atoms with Gasteiger partial charge < -0.3 is 19.5 Å². The van der Waals surface area contributed by atoms with Crippen molar-refractivity contribution in [2.24, 2.45) is 11.3 Å². The highest BCUT2D eigenvalue weighted by Crippen LogP contribution is 2.53. The number of pyridine rings is 2. The minimum Gasteiger partial charge on any atom is -0.481 e. The molecule has 178 valence electrons. The molecule has 1 saturated heterocycles. The van der Waals surface area contributed by atoms with Crippen LogP contribution in [0.15, 0.2) is 30.5 Å². The third-order valence-electron chi connectivity index (χ3n) is 6.66. The molecule has 3 heterocycles. The molecule has 2 aromatic heterocycles. The second-order valence-corrected chi connectivity index (χ2v) is 9.54. The number of hydrogen-bond donors (Lipinski definition) is 1. The number of ether oxygens (including phenoxy) is 2. The molecule has 1 aliphatic carbocycles. The Morgan fingerprint density at radius 2 is 1.82 bits per heavy atom. The number of aliphatic carboxylic acids is 1. The predicted molar refractivity (Wildman–Crippen MR) is 128 cm³/mol. The van der Waals surface area contributed by atoms with Crippen LogP contribution in [-0.4, -0.2) is 47.3 Å². The van der Waals surface area contributed by atoms with E-state index in [0.717, 1.165) is 68.6 Å². The number of hydrogen-bond acceptors (Lipinski definition) is 6. The van der Waals surface area contributed by atoms with Gasteiger partial charge >= 0.3 is 5.97 Å². The molecule has 2 fully saturated rings. The molecular formula is C26H35N3O4. The largest absolute Gasteiger partial charge is 0.481 e. The van der Waals surface area contributed by atoms with Gasteiger partial charge in [0, 0.05) is 48.3 Å². The Kier molecular flexibility index (Phi) is 7.36. The molecule has 1 N–H and O–H groups in total. The van der Waals surface area contributed by atoms with Gasteiger partial charge in [-0.2, -0.15) is 4.98 Å². The smallest absolute Gasteiger partial charge is 0.303 e. The number of anilines is 1. The van der Waals surface area contributed by atoms with Crippen molar-refractivity contribution in [1.82, 2.24) is 9.97 Å². The average Bonchev–Trinajstić information content (AvgIpc) is 2.75. The van der Waals surface area contributed by atoms with Crippen molar-refractivity contribution < 1.29 is 19.4 Å². The summed E-state index contributed by atoms with van der Waals surface area (Å²) in [7, 11) is 0. The molecule has 1 aliphatic heterocycles. The first kappa shape index (κ1) is 23.3. The van der Waals surface area contributed by atoms with Gasteiger partial charge in [0.05, 0.1) is 13.2 Å². The van der Waals surface area contributed by atoms with Crippen molar-refractivity contribution >= 4 is 11.8 Å². The minimum atomic E-state index is -0.684. The van der Waals surface area contributed by atoms with Crippen molar-refractivity contribution in [3.63, 3.8) is 0 Å². The zero-order valence-corrected chi connectivity index (χ0v) is 19.8. The molecule has 7 nitrogen and oxygen atoms in total. The summed E-state index contributed by atoms with van der Waals surface area (Å²) in [5, 5.41) is 8.96. The summed E-state index contributed by atoms with van der Waals surface area (Å²) in [6.07, 6.45) is 8.34. The van der Waals surface area contributed by atoms with Gasteiger partial charge in [0.2, 0.25) is 11.8 Å². The molecule has 0 amide bonds. The topological polar surface area (TPSA) is 84.8 Å². The third-order valence-corrected chi connectivity index (χ3v) is 6.66. The van der Waals surface area contributed by atoms with Gasteiger partial charge in [-0.1, -0.05) is 26.7 Å². The summed E-state index contributed by atoms with van der Waals surface area (Å²) in [5.74, 6) is 1.81. The van der Waals surface area contributed by atoms with Crippen LogP contribution in [0.2, 0.25) is 0 Å². The van der Waals surface area contributed by atoms with Gasteiger partial charge in [-0.25, -0.2) is 4.98 Å². The van der Waals surface area contributed by atoms with E-state index in [9.17, 15) is 4.79 Å². The van der Waals surface area contributed by atoms with Crippen LogP contribution in [0, 0.1) is 11.3 Å². The molecule has 0 unspecified atom stereocenters. The molecular weight excluding hydrogens is 418 g/mol. The molecule has 33 heavy (non-hydrogen) atoms. The Hall–Kier alpha value is -2.83. The molecule has 1 spiro atoms. The monoisotopic (exact) mass is 453 g/mol. The highest BCUT2D eigenvalue weighted by Gasteiger charge is 2.52. The summed E-state index contributed by atoms with van der Waals surface area (Å²) < 4.78 is 11.8. The normalized spacial score (nSPS) is 16.8. The highest BCUT2D eigenvalue weighted by atomic mass is 16.5. The minimum absolute atomic E-state index is 0.299. The van der Waals surface area contributed by atoms with Crippen LogP contribution in [0.1, 0.15) is 58.8 Å². The number of rotatable bonds is 12. The fourth-order valence-electron chi connectivity index (χ4n) is 4.94. The zero-order chi connectivity index (χ0) is 23.3. The first-order chi connectivity index (χ1) is 16.0. The van der Waals surface area contributed by atoms with Gasteiger partial charge in [-0.15, -0.1) is 0 Å². The van der Waals surface area contributed by atoms with Gasteiger partial charge in [-0.3, -0.25) is 4.79 Å². The van der Waals surface area contributed by atoms with E-state index in [1.165, 1.54) is 0 Å². The Bertz CT molecular complexity index is 933. The first-order valence-corrected chi connectivity index (χ1v) is 12.2. The van der Waals surface area contributed by atoms with Crippen molar-refractivity contribution in [2.45, 2.75) is 58.8 Å². The number of carbonyl (C=O) groups is 1. The van der Waals surface area contributed by atoms with Crippen LogP contribution in [0.3, 0.4) is 0 Å². The van der Waals surface area contributed by atoms with E-state index in [-0.39, 0.29) is 0 Å². The lowest BCUT2D eigenvalue weighted by Crippen LogP contribution is -2.62. The summed E-state index contributed by atoms with van der Waals surface area (Å²) in [6, 6.07) is 8.02. The zero-order valence-electron chi connectivity index (χ0n) is 19.8. The van der Waals surface area contributed by atoms with Crippen molar-refractivity contribution in [1.29, 1.82) is 0 Å². The molecule has 0 radical (unpaired) electrons. The summed E-state index contributed by atoms with van der Waals surface area (Å²) in [4.78, 5) is 22.5. The predicted octanol–water partition coefficient (Wildman–Crippen LogP) is 5.19. The molecule has 2 aromatic rings. The number of nitrogens with zero attached hydrogens (tertiary/aromatic N) is 3. The lowest BCUT2D eigenvalue weighted by Gasteiger charge is -2.59. The molecule has 4 rings (SSSR count). The number of carboxylic acid groups (broad SMARTS) is 1. The SMILES string of the molecule is CCCCOc1ccc(-c2ccc(N3CC4(CC(CC(=O)O)C4)C3)nc2)c(OCCCC)n1. The van der Waals surface area contributed by atoms with Gasteiger partial charge in [0.1, 0.15) is 5.82 Å². The van der Waals surface area contributed by atoms with Crippen molar-refractivity contribution in [3.8, 4) is 22.9 Å². The van der Waals surface area contributed by atoms with Crippen LogP contribution < -0.4 is 14.4 Å². The van der Waals surface area contributed by atoms with E-state index >= 15 is 0 Å². The van der Waals surface area contributed by atoms with Gasteiger partial charge in [0.15, 0.2) is 0 Å². The quantitative estimate of drug-likeness (QED) is 0.443. The van der Waals surface area contributed by atoms with E-state index in [4.69, 9.17) is 19.6 Å². The maximum atomic E-state index is 10.9. The number of unbranched alkanes of at least 4 members (excludes halogenated alkanes) is 2. The average molecular weight is 454 g/mol. The first-order valence-electron chi connectivity index (χ1n) is 12.2. The number of aromatic nitrogens is 2. The Labute approximate surface area is 196 Å². The molecule has 7 heteroatoms. The molecule has 0 aromatic carbocycles. The van der Waals surface area contributed by atoms with Gasteiger partial charge in [-0.05, 0) is 49.8 Å². The molecule has 0 bridgehead atoms. The van der Waals surface area contributed by atoms with Gasteiger partial charge in [0.25, 0.3) is 0 Å². The molecule has 1 saturated carbocycles. The van der Waals surface area contributed by atoms with Crippen LogP contribution in [0.25, 0.3) is 11.1 Å². The van der Waals surface area contributed by atoms with E-state index < -0.39 is 5.97 Å². The van der Waals surface area contributed by atoms with E-state index in [1.807, 2.05) is 18.3 Å². The lowest BCUT2D eigenvalue weighted by molar-refractivity contribution is -0.140. The highest BCUT2D eigenvalue weighted by molar-refractivity contribution is 5.69. The van der Waals surface area contributed by atoms with Crippen LogP contribution in [0.5, 0.6) is 11.8 Å². The lowest BCUT2D eigenvalue weighted by atomic mass is 9.57. The Morgan fingerprint density at radius 1 is 1.09 bits per heavy atom. The fraction of sp³-hybridized carbons (Fsp3) is 0.577. The molecule has 0 atom stereocenters. The Balaban J connectivity index is 1.40. The second kappa shape index (κ2) is 10.4. The van der Waals surface area contributed by atoms with Crippen molar-refractivity contribution in [3.05, 3.63) is 30.5 Å². The molecule has 2 aliphatic rings. The van der Waals surface area contributed by atoms with E-state index in [1.54, 1.807) is 0 Å². The number of carboxylic acids is 1. The maximum Gasteiger partial charge on any atom is 0.303 e. The Morgan fingerprint density at radius 3 is 2.45 bits per heavy atom. The fourth-order valence-corrected chi connectivity index (χ4v) is 4.94. The summed E-state index contributed by atoms with van der Waals surface area (Å²) in [5.41, 5.74) is 2.19. The summed E-state index contributed by atoms with van der Waals surface area (Å²) in [6.45, 7) is 7.48. The third kappa shape index (κ3) is 5.57. The maximum absolute atomic E-state index is 10.9. The standard InChI is InChI=1S/C26H35N3O4/c1-3-5-11-32-23-10-8-21(25(28-23)33-12-6-4-2)20-7-9-22(27-16-20)29-17-26(18-29)14-19(15-26)13-24(30)31/h7-10,16,19H,3-6,11-15,17-18H2,1-2H3,(H,30,31). The van der Waals surface area contributed by atoms with Crippen LogP contribution in [0.4, 0.5) is 5.82 Å². The van der Waals surface area contributed by atoms with Crippen molar-refractivity contribution in [2.75, 3.05) is 31.2 Å². The second-order valence-electron chi connectivity index (χ2n) is 9.54. The van der Waals surface area contributed by atoms with Crippen LogP contribution in [-0.2, 0) is 4.79 Å². The van der Waals surface area contributed by atoms with Crippen LogP contribution >= 0.6 is 0 Å².